The van der Waals surface area contributed by atoms with Crippen LogP contribution in [0.2, 0.25) is 0 Å². The van der Waals surface area contributed by atoms with Crippen LogP contribution in [0.15, 0.2) is 12.1 Å². The second-order valence-electron chi connectivity index (χ2n) is 1.30. The van der Waals surface area contributed by atoms with Crippen molar-refractivity contribution in [2.75, 3.05) is 0 Å². The summed E-state index contributed by atoms with van der Waals surface area (Å²) in [5, 5.41) is 7.18. The molecule has 0 fully saturated rings. The second kappa shape index (κ2) is 3.73. The Morgan fingerprint density at radius 1 is 1.62 bits per heavy atom. The standard InChI is InChI=1S/C5H5N2.W/c1-5-3-2-4-6-7-5;/h2-3H,1H3;/q-1;. The molecule has 42 valence electrons. The largest absolute Gasteiger partial charge is 0.268 e. The predicted octanol–water partition coefficient (Wildman–Crippen LogP) is 0.583. The number of aryl methyl sites for hydroxylation is 1. The molecule has 8 heavy (non-hydrogen) atoms. The third kappa shape index (κ3) is 2.17. The van der Waals surface area contributed by atoms with Crippen LogP contribution in [-0.2, 0) is 21.1 Å². The van der Waals surface area contributed by atoms with Gasteiger partial charge < -0.3 is 0 Å². The predicted molar refractivity (Wildman–Crippen MR) is 25.6 cm³/mol. The Hall–Kier alpha value is -0.232. The van der Waals surface area contributed by atoms with E-state index in [4.69, 9.17) is 0 Å². The molecule has 0 aliphatic rings. The smallest absolute Gasteiger partial charge is 0 e. The van der Waals surface area contributed by atoms with E-state index in [-0.39, 0.29) is 21.1 Å². The Labute approximate surface area is 62.6 Å². The Bertz CT molecular complexity index is 140. The zero-order valence-corrected chi connectivity index (χ0v) is 7.39. The van der Waals surface area contributed by atoms with E-state index in [1.165, 1.54) is 0 Å². The molecule has 3 heteroatoms. The third-order valence-electron chi connectivity index (χ3n) is 0.665. The van der Waals surface area contributed by atoms with Crippen LogP contribution in [0.5, 0.6) is 0 Å². The molecule has 0 unspecified atom stereocenters. The summed E-state index contributed by atoms with van der Waals surface area (Å²) >= 11 is 0. The molecule has 2 nitrogen and oxygen atoms in total. The van der Waals surface area contributed by atoms with Gasteiger partial charge in [-0.05, 0) is 12.6 Å². The van der Waals surface area contributed by atoms with Crippen LogP contribution in [0, 0.1) is 13.1 Å². The van der Waals surface area contributed by atoms with Gasteiger partial charge in [-0.25, -0.2) is 6.07 Å². The van der Waals surface area contributed by atoms with Crippen molar-refractivity contribution in [3.63, 3.8) is 0 Å². The van der Waals surface area contributed by atoms with Crippen LogP contribution in [-0.4, -0.2) is 10.2 Å². The molecule has 0 atom stereocenters. The number of hydrogen-bond donors (Lipinski definition) is 0. The minimum atomic E-state index is 0. The Morgan fingerprint density at radius 2 is 2.38 bits per heavy atom. The van der Waals surface area contributed by atoms with Gasteiger partial charge in [0.25, 0.3) is 0 Å². The molecule has 0 bridgehead atoms. The summed E-state index contributed by atoms with van der Waals surface area (Å²) in [5.41, 5.74) is 0.929. The van der Waals surface area contributed by atoms with Gasteiger partial charge in [-0.3, -0.25) is 5.10 Å². The number of hydrogen-bond acceptors (Lipinski definition) is 2. The topological polar surface area (TPSA) is 25.8 Å². The van der Waals surface area contributed by atoms with Crippen LogP contribution in [0.4, 0.5) is 0 Å². The first-order valence-corrected chi connectivity index (χ1v) is 2.06. The fourth-order valence-corrected chi connectivity index (χ4v) is 0.332. The van der Waals surface area contributed by atoms with Gasteiger partial charge in [0.15, 0.2) is 0 Å². The van der Waals surface area contributed by atoms with Crippen molar-refractivity contribution in [3.8, 4) is 0 Å². The van der Waals surface area contributed by atoms with Crippen LogP contribution < -0.4 is 0 Å². The second-order valence-corrected chi connectivity index (χ2v) is 1.30. The molecule has 1 aromatic rings. The van der Waals surface area contributed by atoms with Gasteiger partial charge in [0.1, 0.15) is 0 Å². The summed E-state index contributed by atoms with van der Waals surface area (Å²) in [6.45, 7) is 1.89. The van der Waals surface area contributed by atoms with Gasteiger partial charge in [-0.2, -0.15) is 11.2 Å². The van der Waals surface area contributed by atoms with E-state index >= 15 is 0 Å². The van der Waals surface area contributed by atoms with Gasteiger partial charge in [0, 0.05) is 21.1 Å². The Balaban J connectivity index is 0.000000490. The zero-order valence-electron chi connectivity index (χ0n) is 4.46. The number of rotatable bonds is 0. The maximum absolute atomic E-state index is 3.67. The van der Waals surface area contributed by atoms with Gasteiger partial charge in [0.2, 0.25) is 0 Å². The van der Waals surface area contributed by atoms with Crippen LogP contribution in [0.3, 0.4) is 0 Å². The minimum absolute atomic E-state index is 0. The Morgan fingerprint density at radius 3 is 2.62 bits per heavy atom. The van der Waals surface area contributed by atoms with Crippen molar-refractivity contribution in [2.45, 2.75) is 6.92 Å². The van der Waals surface area contributed by atoms with Crippen LogP contribution in [0.1, 0.15) is 5.69 Å². The van der Waals surface area contributed by atoms with Gasteiger partial charge in [-0.15, -0.1) is 6.20 Å². The number of aromatic nitrogens is 2. The van der Waals surface area contributed by atoms with E-state index in [0.717, 1.165) is 5.69 Å². The molecule has 0 aromatic carbocycles. The molecule has 0 saturated carbocycles. The summed E-state index contributed by atoms with van der Waals surface area (Å²) in [6.07, 6.45) is 2.57. The molecule has 0 saturated heterocycles. The molecule has 1 rings (SSSR count). The van der Waals surface area contributed by atoms with Gasteiger partial charge in [0.05, 0.1) is 0 Å². The van der Waals surface area contributed by atoms with Gasteiger partial charge >= 0.3 is 0 Å². The average Bonchev–Trinajstić information content (AvgIpc) is 1.69. The van der Waals surface area contributed by atoms with Crippen molar-refractivity contribution in [2.24, 2.45) is 0 Å². The average molecular weight is 277 g/mol. The SMILES string of the molecule is Cc1cc[c-]nn1.[W]. The number of nitrogens with zero attached hydrogens (tertiary/aromatic N) is 2. The van der Waals surface area contributed by atoms with Crippen molar-refractivity contribution in [1.29, 1.82) is 0 Å². The molecular formula is C5H5N2W-. The normalized spacial score (nSPS) is 7.62. The molecule has 0 radical (unpaired) electrons. The first kappa shape index (κ1) is 7.77. The van der Waals surface area contributed by atoms with Crippen LogP contribution >= 0.6 is 0 Å². The van der Waals surface area contributed by atoms with E-state index in [9.17, 15) is 0 Å². The summed E-state index contributed by atoms with van der Waals surface area (Å²) in [5.74, 6) is 0. The quantitative estimate of drug-likeness (QED) is 0.648. The van der Waals surface area contributed by atoms with Crippen molar-refractivity contribution in [1.82, 2.24) is 10.2 Å². The van der Waals surface area contributed by atoms with E-state index in [0.29, 0.717) is 0 Å². The van der Waals surface area contributed by atoms with Crippen molar-refractivity contribution < 1.29 is 21.1 Å². The van der Waals surface area contributed by atoms with E-state index in [2.05, 4.69) is 16.4 Å². The molecule has 1 aromatic heterocycles. The first-order valence-electron chi connectivity index (χ1n) is 2.06. The summed E-state index contributed by atoms with van der Waals surface area (Å²) in [7, 11) is 0. The van der Waals surface area contributed by atoms with Crippen molar-refractivity contribution >= 4 is 0 Å². The van der Waals surface area contributed by atoms with Crippen molar-refractivity contribution in [3.05, 3.63) is 24.0 Å². The molecule has 0 aliphatic carbocycles. The maximum atomic E-state index is 3.67. The summed E-state index contributed by atoms with van der Waals surface area (Å²) in [6, 6.07) is 3.59. The van der Waals surface area contributed by atoms with E-state index in [1.807, 2.05) is 13.0 Å². The first-order chi connectivity index (χ1) is 3.39. The van der Waals surface area contributed by atoms with Gasteiger partial charge in [-0.1, -0.05) is 0 Å². The van der Waals surface area contributed by atoms with Crippen LogP contribution in [0.25, 0.3) is 0 Å². The van der Waals surface area contributed by atoms with E-state index in [1.54, 1.807) is 6.07 Å². The summed E-state index contributed by atoms with van der Waals surface area (Å²) in [4.78, 5) is 0. The summed E-state index contributed by atoms with van der Waals surface area (Å²) < 4.78 is 0. The molecule has 0 aliphatic heterocycles. The maximum Gasteiger partial charge on any atom is 0 e. The third-order valence-corrected chi connectivity index (χ3v) is 0.665. The Kier molecular flexibility index (Phi) is 3.62. The molecule has 1 heterocycles. The molecule has 0 amide bonds. The van der Waals surface area contributed by atoms with E-state index < -0.39 is 0 Å². The molecule has 0 spiro atoms. The minimum Gasteiger partial charge on any atom is -0.268 e. The molecule has 0 N–H and O–H groups in total. The monoisotopic (exact) mass is 277 g/mol. The fourth-order valence-electron chi connectivity index (χ4n) is 0.332. The fraction of sp³-hybridized carbons (Fsp3) is 0.200. The molecular weight excluding hydrogens is 272 g/mol. The zero-order chi connectivity index (χ0) is 5.11.